The molecule has 2 aromatic rings. The molecule has 4 nitrogen and oxygen atoms in total. The molecule has 0 N–H and O–H groups in total. The number of anilines is 1. The van der Waals surface area contributed by atoms with E-state index in [1.165, 1.54) is 30.6 Å². The minimum Gasteiger partial charge on any atom is -0.495 e. The van der Waals surface area contributed by atoms with Crippen LogP contribution >= 0.6 is 23.2 Å². The van der Waals surface area contributed by atoms with Crippen molar-refractivity contribution in [2.24, 2.45) is 0 Å². The Morgan fingerprint density at radius 1 is 1.00 bits per heavy atom. The Morgan fingerprint density at radius 2 is 1.65 bits per heavy atom. The summed E-state index contributed by atoms with van der Waals surface area (Å²) < 4.78 is 31.9. The van der Waals surface area contributed by atoms with Crippen molar-refractivity contribution in [1.29, 1.82) is 0 Å². The molecule has 0 radical (unpaired) electrons. The Kier molecular flexibility index (Phi) is 5.14. The standard InChI is InChI=1S/C16H17Cl2NO3S/c1-10-5-6-12(9-11(10)2)19(3)23(20,21)14-8-7-13(22-4)15(17)16(14)18/h5-9H,1-4H3. The Morgan fingerprint density at radius 3 is 2.22 bits per heavy atom. The number of hydrogen-bond donors (Lipinski definition) is 0. The van der Waals surface area contributed by atoms with Gasteiger partial charge in [-0.25, -0.2) is 8.42 Å². The van der Waals surface area contributed by atoms with Gasteiger partial charge in [0.2, 0.25) is 0 Å². The van der Waals surface area contributed by atoms with E-state index in [0.29, 0.717) is 11.4 Å². The lowest BCUT2D eigenvalue weighted by Gasteiger charge is -2.21. The molecule has 0 heterocycles. The van der Waals surface area contributed by atoms with Crippen LogP contribution in [0.15, 0.2) is 35.2 Å². The van der Waals surface area contributed by atoms with E-state index in [1.807, 2.05) is 26.0 Å². The summed E-state index contributed by atoms with van der Waals surface area (Å²) in [5.74, 6) is 0.324. The van der Waals surface area contributed by atoms with Crippen LogP contribution < -0.4 is 9.04 Å². The molecule has 0 aliphatic heterocycles. The predicted octanol–water partition coefficient (Wildman–Crippen LogP) is 4.44. The topological polar surface area (TPSA) is 46.6 Å². The van der Waals surface area contributed by atoms with E-state index in [4.69, 9.17) is 27.9 Å². The van der Waals surface area contributed by atoms with Crippen LogP contribution in [0.5, 0.6) is 5.75 Å². The molecule has 7 heteroatoms. The fourth-order valence-corrected chi connectivity index (χ4v) is 4.08. The third-order valence-electron chi connectivity index (χ3n) is 3.72. The summed E-state index contributed by atoms with van der Waals surface area (Å²) in [7, 11) is -0.921. The minimum absolute atomic E-state index is 0.0540. The van der Waals surface area contributed by atoms with Crippen LogP contribution in [0, 0.1) is 13.8 Å². The van der Waals surface area contributed by atoms with E-state index in [2.05, 4.69) is 0 Å². The van der Waals surface area contributed by atoms with Crippen LogP contribution in [0.1, 0.15) is 11.1 Å². The van der Waals surface area contributed by atoms with Crippen molar-refractivity contribution in [1.82, 2.24) is 0 Å². The molecule has 0 atom stereocenters. The van der Waals surface area contributed by atoms with Crippen LogP contribution in [-0.2, 0) is 10.0 Å². The Hall–Kier alpha value is -1.43. The van der Waals surface area contributed by atoms with Gasteiger partial charge in [-0.2, -0.15) is 0 Å². The van der Waals surface area contributed by atoms with Crippen LogP contribution in [0.3, 0.4) is 0 Å². The van der Waals surface area contributed by atoms with Gasteiger partial charge in [-0.1, -0.05) is 29.3 Å². The summed E-state index contributed by atoms with van der Waals surface area (Å²) in [5, 5.41) is 0.0189. The van der Waals surface area contributed by atoms with Crippen molar-refractivity contribution in [3.05, 3.63) is 51.5 Å². The smallest absolute Gasteiger partial charge is 0.265 e. The van der Waals surface area contributed by atoms with E-state index in [9.17, 15) is 8.42 Å². The number of sulfonamides is 1. The summed E-state index contributed by atoms with van der Waals surface area (Å²) in [6, 6.07) is 8.30. The van der Waals surface area contributed by atoms with E-state index in [0.717, 1.165) is 11.1 Å². The Bertz CT molecular complexity index is 851. The summed E-state index contributed by atoms with van der Waals surface area (Å²) >= 11 is 12.2. The Balaban J connectivity index is 2.53. The first-order chi connectivity index (χ1) is 10.7. The van der Waals surface area contributed by atoms with E-state index in [-0.39, 0.29) is 14.9 Å². The van der Waals surface area contributed by atoms with Crippen molar-refractivity contribution in [3.63, 3.8) is 0 Å². The average molecular weight is 374 g/mol. The van der Waals surface area contributed by atoms with Crippen molar-refractivity contribution in [2.45, 2.75) is 18.7 Å². The van der Waals surface area contributed by atoms with Crippen molar-refractivity contribution >= 4 is 38.9 Å². The molecule has 0 saturated heterocycles. The summed E-state index contributed by atoms with van der Waals surface area (Å²) in [4.78, 5) is -0.0642. The van der Waals surface area contributed by atoms with E-state index in [1.54, 1.807) is 6.07 Å². The van der Waals surface area contributed by atoms with Crippen molar-refractivity contribution in [2.75, 3.05) is 18.5 Å². The summed E-state index contributed by atoms with van der Waals surface area (Å²) in [6.07, 6.45) is 0. The first kappa shape index (κ1) is 17.9. The maximum Gasteiger partial charge on any atom is 0.265 e. The zero-order valence-corrected chi connectivity index (χ0v) is 15.6. The van der Waals surface area contributed by atoms with Gasteiger partial charge >= 0.3 is 0 Å². The first-order valence-electron chi connectivity index (χ1n) is 6.78. The number of ether oxygens (including phenoxy) is 1. The number of aryl methyl sites for hydroxylation is 2. The van der Waals surface area contributed by atoms with Crippen molar-refractivity contribution < 1.29 is 13.2 Å². The number of halogens is 2. The van der Waals surface area contributed by atoms with E-state index < -0.39 is 10.0 Å². The number of benzene rings is 2. The lowest BCUT2D eigenvalue weighted by molar-refractivity contribution is 0.414. The minimum atomic E-state index is -3.84. The Labute approximate surface area is 146 Å². The van der Waals surface area contributed by atoms with Gasteiger partial charge in [0.05, 0.1) is 17.8 Å². The summed E-state index contributed by atoms with van der Waals surface area (Å²) in [5.41, 5.74) is 2.64. The van der Waals surface area contributed by atoms with Crippen LogP contribution in [0.25, 0.3) is 0 Å². The summed E-state index contributed by atoms with van der Waals surface area (Å²) in [6.45, 7) is 3.89. The maximum atomic E-state index is 12.8. The van der Waals surface area contributed by atoms with Crippen molar-refractivity contribution in [3.8, 4) is 5.75 Å². The SMILES string of the molecule is COc1ccc(S(=O)(=O)N(C)c2ccc(C)c(C)c2)c(Cl)c1Cl. The van der Waals surface area contributed by atoms with Gasteiger partial charge in [0.15, 0.2) is 0 Å². The zero-order valence-electron chi connectivity index (χ0n) is 13.2. The molecule has 0 aliphatic rings. The van der Waals surface area contributed by atoms with Gasteiger partial charge in [-0.3, -0.25) is 4.31 Å². The van der Waals surface area contributed by atoms with Gasteiger partial charge < -0.3 is 4.74 Å². The van der Waals surface area contributed by atoms with Gasteiger partial charge in [-0.05, 0) is 49.2 Å². The molecule has 2 aromatic carbocycles. The second kappa shape index (κ2) is 6.59. The quantitative estimate of drug-likeness (QED) is 0.795. The molecular formula is C16H17Cl2NO3S. The number of rotatable bonds is 4. The lowest BCUT2D eigenvalue weighted by Crippen LogP contribution is -2.27. The molecule has 0 fully saturated rings. The maximum absolute atomic E-state index is 12.8. The van der Waals surface area contributed by atoms with Gasteiger partial charge in [0.1, 0.15) is 15.7 Å². The molecule has 0 aliphatic carbocycles. The number of methoxy groups -OCH3 is 1. The molecule has 0 bridgehead atoms. The molecule has 0 spiro atoms. The van der Waals surface area contributed by atoms with Gasteiger partial charge in [0, 0.05) is 7.05 Å². The van der Waals surface area contributed by atoms with Gasteiger partial charge in [-0.15, -0.1) is 0 Å². The molecule has 0 saturated carbocycles. The molecular weight excluding hydrogens is 357 g/mol. The van der Waals surface area contributed by atoms with E-state index >= 15 is 0 Å². The highest BCUT2D eigenvalue weighted by Crippen LogP contribution is 2.38. The van der Waals surface area contributed by atoms with Crippen LogP contribution in [0.2, 0.25) is 10.0 Å². The monoisotopic (exact) mass is 373 g/mol. The normalized spacial score (nSPS) is 11.4. The third kappa shape index (κ3) is 3.27. The highest BCUT2D eigenvalue weighted by Gasteiger charge is 2.26. The largest absolute Gasteiger partial charge is 0.495 e. The van der Waals surface area contributed by atoms with Crippen LogP contribution in [-0.4, -0.2) is 22.6 Å². The van der Waals surface area contributed by atoms with Gasteiger partial charge in [0.25, 0.3) is 10.0 Å². The molecule has 124 valence electrons. The predicted molar refractivity (Wildman–Crippen MR) is 94.5 cm³/mol. The molecule has 23 heavy (non-hydrogen) atoms. The average Bonchev–Trinajstić information content (AvgIpc) is 2.51. The van der Waals surface area contributed by atoms with Crippen LogP contribution in [0.4, 0.5) is 5.69 Å². The zero-order chi connectivity index (χ0) is 17.4. The fourth-order valence-electron chi connectivity index (χ4n) is 2.08. The molecule has 0 amide bonds. The second-order valence-corrected chi connectivity index (χ2v) is 7.83. The lowest BCUT2D eigenvalue weighted by atomic mass is 10.1. The number of nitrogens with zero attached hydrogens (tertiary/aromatic N) is 1. The third-order valence-corrected chi connectivity index (χ3v) is 6.53. The number of hydrogen-bond acceptors (Lipinski definition) is 3. The second-order valence-electron chi connectivity index (χ2n) is 5.14. The molecule has 2 rings (SSSR count). The fraction of sp³-hybridized carbons (Fsp3) is 0.250. The highest BCUT2D eigenvalue weighted by atomic mass is 35.5. The highest BCUT2D eigenvalue weighted by molar-refractivity contribution is 7.93. The molecule has 0 unspecified atom stereocenters. The first-order valence-corrected chi connectivity index (χ1v) is 8.98. The molecule has 0 aromatic heterocycles.